The molecular weight excluding hydrogens is 308 g/mol. The Labute approximate surface area is 142 Å². The molecule has 0 aliphatic carbocycles. The first-order chi connectivity index (χ1) is 11.6. The van der Waals surface area contributed by atoms with Gasteiger partial charge in [0.05, 0.1) is 18.3 Å². The normalized spacial score (nSPS) is 21.5. The molecule has 0 unspecified atom stereocenters. The number of hydrogen-bond donors (Lipinski definition) is 3. The molecule has 134 valence electrons. The van der Waals surface area contributed by atoms with E-state index in [1.807, 2.05) is 0 Å². The Bertz CT molecular complexity index is 534. The van der Waals surface area contributed by atoms with Crippen LogP contribution >= 0.6 is 0 Å². The van der Waals surface area contributed by atoms with Gasteiger partial charge in [-0.3, -0.25) is 4.79 Å². The lowest BCUT2D eigenvalue weighted by atomic mass is 9.92. The predicted octanol–water partition coefficient (Wildman–Crippen LogP) is -0.392. The SMILES string of the molecule is O=C(NCCN1CCCCC1)c1cn(CC2(O)CCNCC2)nn1. The Morgan fingerprint density at radius 2 is 2.04 bits per heavy atom. The third-order valence-electron chi connectivity index (χ3n) is 4.92. The lowest BCUT2D eigenvalue weighted by Crippen LogP contribution is -2.44. The zero-order valence-electron chi connectivity index (χ0n) is 14.2. The molecule has 1 aromatic heterocycles. The molecule has 0 atom stereocenters. The number of nitrogens with one attached hydrogen (secondary N) is 2. The molecular formula is C16H28N6O2. The fourth-order valence-corrected chi connectivity index (χ4v) is 3.43. The Morgan fingerprint density at radius 1 is 1.29 bits per heavy atom. The highest BCUT2D eigenvalue weighted by Gasteiger charge is 2.30. The van der Waals surface area contributed by atoms with E-state index in [4.69, 9.17) is 0 Å². The van der Waals surface area contributed by atoms with Gasteiger partial charge in [0.15, 0.2) is 5.69 Å². The standard InChI is InChI=1S/C16H28N6O2/c23-15(18-8-11-21-9-2-1-3-10-21)14-12-22(20-19-14)13-16(24)4-6-17-7-5-16/h12,17,24H,1-11,13H2,(H,18,23). The Balaban J connectivity index is 1.44. The van der Waals surface area contributed by atoms with Crippen LogP contribution in [0.3, 0.4) is 0 Å². The quantitative estimate of drug-likeness (QED) is 0.655. The zero-order valence-corrected chi connectivity index (χ0v) is 14.2. The maximum atomic E-state index is 12.2. The fraction of sp³-hybridized carbons (Fsp3) is 0.812. The summed E-state index contributed by atoms with van der Waals surface area (Å²) in [5.41, 5.74) is -0.452. The van der Waals surface area contributed by atoms with Crippen molar-refractivity contribution in [2.45, 2.75) is 44.2 Å². The van der Waals surface area contributed by atoms with Crippen LogP contribution in [0.4, 0.5) is 0 Å². The summed E-state index contributed by atoms with van der Waals surface area (Å²) in [6, 6.07) is 0. The van der Waals surface area contributed by atoms with Crippen LogP contribution < -0.4 is 10.6 Å². The second kappa shape index (κ2) is 8.04. The van der Waals surface area contributed by atoms with E-state index in [-0.39, 0.29) is 5.91 Å². The fourth-order valence-electron chi connectivity index (χ4n) is 3.43. The van der Waals surface area contributed by atoms with Crippen molar-refractivity contribution in [1.29, 1.82) is 0 Å². The van der Waals surface area contributed by atoms with Gasteiger partial charge in [0, 0.05) is 13.1 Å². The van der Waals surface area contributed by atoms with Gasteiger partial charge in [0.1, 0.15) is 0 Å². The van der Waals surface area contributed by atoms with Crippen LogP contribution in [0.15, 0.2) is 6.20 Å². The summed E-state index contributed by atoms with van der Waals surface area (Å²) >= 11 is 0. The van der Waals surface area contributed by atoms with Crippen molar-refractivity contribution in [3.63, 3.8) is 0 Å². The van der Waals surface area contributed by atoms with Crippen molar-refractivity contribution in [2.75, 3.05) is 39.3 Å². The molecule has 0 aromatic carbocycles. The average molecular weight is 336 g/mol. The Morgan fingerprint density at radius 3 is 2.79 bits per heavy atom. The van der Waals surface area contributed by atoms with E-state index in [0.29, 0.717) is 31.6 Å². The summed E-state index contributed by atoms with van der Waals surface area (Å²) in [5.74, 6) is -0.199. The monoisotopic (exact) mass is 336 g/mol. The molecule has 2 saturated heterocycles. The van der Waals surface area contributed by atoms with Gasteiger partial charge in [-0.15, -0.1) is 5.10 Å². The Kier molecular flexibility index (Phi) is 5.80. The van der Waals surface area contributed by atoms with Gasteiger partial charge >= 0.3 is 0 Å². The molecule has 1 aromatic rings. The van der Waals surface area contributed by atoms with Crippen LogP contribution in [0.25, 0.3) is 0 Å². The zero-order chi connectivity index (χ0) is 16.8. The number of amides is 1. The molecule has 2 fully saturated rings. The Hall–Kier alpha value is -1.51. The van der Waals surface area contributed by atoms with Gasteiger partial charge < -0.3 is 20.6 Å². The first kappa shape index (κ1) is 17.3. The lowest BCUT2D eigenvalue weighted by Gasteiger charge is -2.32. The number of likely N-dealkylation sites (tertiary alicyclic amines) is 1. The van der Waals surface area contributed by atoms with E-state index in [9.17, 15) is 9.90 Å². The van der Waals surface area contributed by atoms with Crippen molar-refractivity contribution >= 4 is 5.91 Å². The molecule has 3 N–H and O–H groups in total. The molecule has 24 heavy (non-hydrogen) atoms. The van der Waals surface area contributed by atoms with Crippen LogP contribution in [-0.2, 0) is 6.54 Å². The number of aromatic nitrogens is 3. The van der Waals surface area contributed by atoms with Crippen molar-refractivity contribution in [2.24, 2.45) is 0 Å². The van der Waals surface area contributed by atoms with E-state index < -0.39 is 5.60 Å². The summed E-state index contributed by atoms with van der Waals surface area (Å²) in [6.07, 6.45) is 6.81. The molecule has 3 heterocycles. The average Bonchev–Trinajstić information content (AvgIpc) is 3.04. The van der Waals surface area contributed by atoms with Gasteiger partial charge in [0.25, 0.3) is 5.91 Å². The third-order valence-corrected chi connectivity index (χ3v) is 4.92. The predicted molar refractivity (Wildman–Crippen MR) is 89.7 cm³/mol. The first-order valence-electron chi connectivity index (χ1n) is 8.98. The minimum Gasteiger partial charge on any atom is -0.388 e. The second-order valence-corrected chi connectivity index (χ2v) is 6.93. The van der Waals surface area contributed by atoms with Crippen molar-refractivity contribution < 1.29 is 9.90 Å². The van der Waals surface area contributed by atoms with Crippen LogP contribution in [-0.4, -0.2) is 75.8 Å². The minimum atomic E-state index is -0.763. The number of carbonyl (C=O) groups excluding carboxylic acids is 1. The van der Waals surface area contributed by atoms with Gasteiger partial charge in [-0.05, 0) is 51.9 Å². The summed E-state index contributed by atoms with van der Waals surface area (Å²) in [4.78, 5) is 14.5. The van der Waals surface area contributed by atoms with E-state index in [2.05, 4.69) is 25.8 Å². The maximum Gasteiger partial charge on any atom is 0.273 e. The third kappa shape index (κ3) is 4.75. The first-order valence-corrected chi connectivity index (χ1v) is 8.98. The van der Waals surface area contributed by atoms with Crippen LogP contribution in [0, 0.1) is 0 Å². The van der Waals surface area contributed by atoms with Gasteiger partial charge in [-0.1, -0.05) is 11.6 Å². The molecule has 0 spiro atoms. The maximum absolute atomic E-state index is 12.2. The highest BCUT2D eigenvalue weighted by Crippen LogP contribution is 2.19. The van der Waals surface area contributed by atoms with Crippen LogP contribution in [0.5, 0.6) is 0 Å². The number of hydrogen-bond acceptors (Lipinski definition) is 6. The molecule has 0 saturated carbocycles. The minimum absolute atomic E-state index is 0.199. The van der Waals surface area contributed by atoms with Gasteiger partial charge in [0.2, 0.25) is 0 Å². The highest BCUT2D eigenvalue weighted by molar-refractivity contribution is 5.91. The molecule has 2 aliphatic rings. The molecule has 0 radical (unpaired) electrons. The number of piperidine rings is 2. The van der Waals surface area contributed by atoms with Crippen LogP contribution in [0.1, 0.15) is 42.6 Å². The molecule has 2 aliphatic heterocycles. The van der Waals surface area contributed by atoms with E-state index in [1.54, 1.807) is 10.9 Å². The second-order valence-electron chi connectivity index (χ2n) is 6.93. The highest BCUT2D eigenvalue weighted by atomic mass is 16.3. The topological polar surface area (TPSA) is 95.3 Å². The summed E-state index contributed by atoms with van der Waals surface area (Å²) < 4.78 is 1.57. The van der Waals surface area contributed by atoms with Crippen molar-refractivity contribution in [3.05, 3.63) is 11.9 Å². The van der Waals surface area contributed by atoms with E-state index in [1.165, 1.54) is 19.3 Å². The van der Waals surface area contributed by atoms with Gasteiger partial charge in [-0.25, -0.2) is 4.68 Å². The summed E-state index contributed by atoms with van der Waals surface area (Å²) in [6.45, 7) is 5.74. The number of nitrogens with zero attached hydrogens (tertiary/aromatic N) is 4. The molecule has 8 nitrogen and oxygen atoms in total. The molecule has 0 bridgehead atoms. The molecule has 8 heteroatoms. The summed E-state index contributed by atoms with van der Waals surface area (Å²) in [7, 11) is 0. The number of rotatable bonds is 6. The largest absolute Gasteiger partial charge is 0.388 e. The molecule has 3 rings (SSSR count). The van der Waals surface area contributed by atoms with E-state index >= 15 is 0 Å². The van der Waals surface area contributed by atoms with Crippen molar-refractivity contribution in [3.8, 4) is 0 Å². The van der Waals surface area contributed by atoms with E-state index in [0.717, 1.165) is 32.7 Å². The number of aliphatic hydroxyl groups is 1. The number of carbonyl (C=O) groups is 1. The van der Waals surface area contributed by atoms with Crippen LogP contribution in [0.2, 0.25) is 0 Å². The smallest absolute Gasteiger partial charge is 0.273 e. The van der Waals surface area contributed by atoms with Gasteiger partial charge in [-0.2, -0.15) is 0 Å². The lowest BCUT2D eigenvalue weighted by molar-refractivity contribution is -0.00866. The molecule has 1 amide bonds. The summed E-state index contributed by atoms with van der Waals surface area (Å²) in [5, 5.41) is 24.6. The van der Waals surface area contributed by atoms with Crippen molar-refractivity contribution in [1.82, 2.24) is 30.5 Å².